The van der Waals surface area contributed by atoms with Crippen molar-refractivity contribution in [2.75, 3.05) is 11.9 Å². The number of nitrogens with zero attached hydrogens (tertiary/aromatic N) is 2. The zero-order chi connectivity index (χ0) is 23.2. The van der Waals surface area contributed by atoms with Crippen molar-refractivity contribution >= 4 is 28.4 Å². The number of rotatable bonds is 8. The number of aromatic nitrogens is 1. The van der Waals surface area contributed by atoms with Gasteiger partial charge in [-0.05, 0) is 36.2 Å². The predicted octanol–water partition coefficient (Wildman–Crippen LogP) is 4.59. The van der Waals surface area contributed by atoms with E-state index in [-0.39, 0.29) is 18.2 Å². The van der Waals surface area contributed by atoms with Gasteiger partial charge in [0.1, 0.15) is 6.04 Å². The summed E-state index contributed by atoms with van der Waals surface area (Å²) >= 11 is 0. The first-order chi connectivity index (χ1) is 16.1. The molecule has 0 aliphatic rings. The maximum atomic E-state index is 13.4. The van der Waals surface area contributed by atoms with Crippen LogP contribution in [0.5, 0.6) is 0 Å². The Morgan fingerprint density at radius 3 is 2.24 bits per heavy atom. The predicted molar refractivity (Wildman–Crippen MR) is 133 cm³/mol. The van der Waals surface area contributed by atoms with Crippen molar-refractivity contribution < 1.29 is 9.59 Å². The molecule has 1 heterocycles. The highest BCUT2D eigenvalue weighted by Crippen LogP contribution is 2.22. The molecule has 4 aromatic rings. The first-order valence-corrected chi connectivity index (χ1v) is 11.3. The number of fused-ring (bicyclic) bond motifs is 1. The number of hydrogen-bond acceptors (Lipinski definition) is 2. The van der Waals surface area contributed by atoms with Crippen LogP contribution >= 0.6 is 0 Å². The minimum absolute atomic E-state index is 0.144. The third-order valence-corrected chi connectivity index (χ3v) is 5.95. The second kappa shape index (κ2) is 10.2. The van der Waals surface area contributed by atoms with Crippen molar-refractivity contribution in [3.63, 3.8) is 0 Å². The number of aryl methyl sites for hydroxylation is 1. The Morgan fingerprint density at radius 1 is 0.909 bits per heavy atom. The monoisotopic (exact) mass is 439 g/mol. The largest absolute Gasteiger partial charge is 0.347 e. The van der Waals surface area contributed by atoms with E-state index in [0.29, 0.717) is 6.42 Å². The van der Waals surface area contributed by atoms with E-state index < -0.39 is 6.04 Å². The molecule has 0 radical (unpaired) electrons. The molecule has 0 spiro atoms. The summed E-state index contributed by atoms with van der Waals surface area (Å²) in [6.07, 6.45) is 2.69. The maximum Gasteiger partial charge on any atom is 0.249 e. The van der Waals surface area contributed by atoms with Crippen LogP contribution in [0.1, 0.15) is 18.1 Å². The van der Waals surface area contributed by atoms with E-state index >= 15 is 0 Å². The van der Waals surface area contributed by atoms with E-state index in [0.717, 1.165) is 34.3 Å². The smallest absolute Gasteiger partial charge is 0.249 e. The van der Waals surface area contributed by atoms with Crippen LogP contribution in [0.2, 0.25) is 0 Å². The van der Waals surface area contributed by atoms with Crippen molar-refractivity contribution in [1.82, 2.24) is 9.88 Å². The molecule has 4 rings (SSSR count). The van der Waals surface area contributed by atoms with Gasteiger partial charge in [-0.3, -0.25) is 9.59 Å². The topological polar surface area (TPSA) is 54.3 Å². The number of nitrogens with one attached hydrogen (secondary N) is 1. The Balaban J connectivity index is 1.56. The van der Waals surface area contributed by atoms with Crippen LogP contribution in [0.25, 0.3) is 10.9 Å². The van der Waals surface area contributed by atoms with Gasteiger partial charge in [-0.15, -0.1) is 0 Å². The van der Waals surface area contributed by atoms with Crippen LogP contribution in [0.4, 0.5) is 5.69 Å². The molecule has 0 aliphatic carbocycles. The van der Waals surface area contributed by atoms with Gasteiger partial charge < -0.3 is 14.8 Å². The van der Waals surface area contributed by atoms with Gasteiger partial charge in [-0.2, -0.15) is 0 Å². The average molecular weight is 440 g/mol. The fourth-order valence-electron chi connectivity index (χ4n) is 4.21. The summed E-state index contributed by atoms with van der Waals surface area (Å²) in [4.78, 5) is 28.1. The van der Waals surface area contributed by atoms with E-state index in [1.165, 1.54) is 0 Å². The molecular weight excluding hydrogens is 410 g/mol. The molecule has 0 bridgehead atoms. The van der Waals surface area contributed by atoms with Crippen LogP contribution < -0.4 is 10.2 Å². The lowest BCUT2D eigenvalue weighted by atomic mass is 10.0. The second-order valence-electron chi connectivity index (χ2n) is 8.18. The van der Waals surface area contributed by atoms with E-state index in [9.17, 15) is 9.59 Å². The second-order valence-corrected chi connectivity index (χ2v) is 8.18. The third kappa shape index (κ3) is 5.14. The summed E-state index contributed by atoms with van der Waals surface area (Å²) in [7, 11) is 1.75. The number of likely N-dealkylation sites (N-methyl/N-ethyl adjacent to an activating group) is 1. The molecule has 0 aliphatic heterocycles. The van der Waals surface area contributed by atoms with Gasteiger partial charge >= 0.3 is 0 Å². The lowest BCUT2D eigenvalue weighted by molar-refractivity contribution is -0.127. The number of para-hydroxylation sites is 2. The van der Waals surface area contributed by atoms with E-state index in [4.69, 9.17) is 0 Å². The van der Waals surface area contributed by atoms with E-state index in [1.54, 1.807) is 11.9 Å². The number of amides is 2. The van der Waals surface area contributed by atoms with Gasteiger partial charge in [0.2, 0.25) is 11.8 Å². The minimum atomic E-state index is -0.662. The molecule has 5 heteroatoms. The zero-order valence-corrected chi connectivity index (χ0v) is 19.1. The summed E-state index contributed by atoms with van der Waals surface area (Å²) in [5.74, 6) is -0.306. The molecular formula is C28H29N3O2. The van der Waals surface area contributed by atoms with Gasteiger partial charge in [0.25, 0.3) is 0 Å². The fraction of sp³-hybridized carbons (Fsp3) is 0.214. The number of hydrogen-bond donors (Lipinski definition) is 1. The van der Waals surface area contributed by atoms with Crippen LogP contribution in [0.3, 0.4) is 0 Å². The summed E-state index contributed by atoms with van der Waals surface area (Å²) in [6.45, 7) is 2.92. The van der Waals surface area contributed by atoms with Gasteiger partial charge in [0.05, 0.1) is 6.42 Å². The van der Waals surface area contributed by atoms with Crippen LogP contribution in [-0.4, -0.2) is 29.5 Å². The first-order valence-electron chi connectivity index (χ1n) is 11.3. The fourth-order valence-corrected chi connectivity index (χ4v) is 4.21. The van der Waals surface area contributed by atoms with E-state index in [1.807, 2.05) is 85.1 Å². The Kier molecular flexibility index (Phi) is 6.89. The Bertz CT molecular complexity index is 1230. The SMILES string of the molecule is CCn1cc(CC(=O)N[C@@H](Cc2ccccc2)C(=O)N(C)c2ccccc2)c2ccccc21. The molecule has 168 valence electrons. The van der Waals surface area contributed by atoms with Crippen LogP contribution in [-0.2, 0) is 29.0 Å². The van der Waals surface area contributed by atoms with Crippen molar-refractivity contribution in [3.05, 3.63) is 102 Å². The Hall–Kier alpha value is -3.86. The molecule has 1 N–H and O–H groups in total. The maximum absolute atomic E-state index is 13.4. The molecule has 0 saturated carbocycles. The van der Waals surface area contributed by atoms with Gasteiger partial charge in [-0.25, -0.2) is 0 Å². The lowest BCUT2D eigenvalue weighted by Gasteiger charge is -2.25. The molecule has 5 nitrogen and oxygen atoms in total. The minimum Gasteiger partial charge on any atom is -0.347 e. The Labute approximate surface area is 194 Å². The summed E-state index contributed by atoms with van der Waals surface area (Å²) < 4.78 is 2.15. The highest BCUT2D eigenvalue weighted by Gasteiger charge is 2.25. The number of carbonyl (C=O) groups is 2. The molecule has 1 aromatic heterocycles. The van der Waals surface area contributed by atoms with E-state index in [2.05, 4.69) is 22.9 Å². The van der Waals surface area contributed by atoms with Gasteiger partial charge in [-0.1, -0.05) is 66.7 Å². The zero-order valence-electron chi connectivity index (χ0n) is 19.1. The third-order valence-electron chi connectivity index (χ3n) is 5.95. The molecule has 2 amide bonds. The molecule has 33 heavy (non-hydrogen) atoms. The summed E-state index contributed by atoms with van der Waals surface area (Å²) in [6, 6.07) is 26.7. The Morgan fingerprint density at radius 2 is 1.55 bits per heavy atom. The first kappa shape index (κ1) is 22.3. The van der Waals surface area contributed by atoms with Crippen LogP contribution in [0, 0.1) is 0 Å². The summed E-state index contributed by atoms with van der Waals surface area (Å²) in [5.41, 5.74) is 3.87. The summed E-state index contributed by atoms with van der Waals surface area (Å²) in [5, 5.41) is 4.09. The highest BCUT2D eigenvalue weighted by atomic mass is 16.2. The number of benzene rings is 3. The van der Waals surface area contributed by atoms with Gasteiger partial charge in [0, 0.05) is 42.8 Å². The molecule has 0 fully saturated rings. The molecule has 0 saturated heterocycles. The molecule has 3 aromatic carbocycles. The molecule has 0 unspecified atom stereocenters. The average Bonchev–Trinajstić information content (AvgIpc) is 3.21. The van der Waals surface area contributed by atoms with Crippen molar-refractivity contribution in [1.29, 1.82) is 0 Å². The van der Waals surface area contributed by atoms with Crippen molar-refractivity contribution in [2.24, 2.45) is 0 Å². The van der Waals surface area contributed by atoms with Gasteiger partial charge in [0.15, 0.2) is 0 Å². The number of anilines is 1. The quantitative estimate of drug-likeness (QED) is 0.436. The highest BCUT2D eigenvalue weighted by molar-refractivity contribution is 5.99. The number of carbonyl (C=O) groups excluding carboxylic acids is 2. The van der Waals surface area contributed by atoms with Crippen molar-refractivity contribution in [3.8, 4) is 0 Å². The molecule has 1 atom stereocenters. The normalized spacial score (nSPS) is 11.8. The standard InChI is InChI=1S/C28H29N3O2/c1-3-31-20-22(24-16-10-11-17-26(24)31)19-27(32)29-25(18-21-12-6-4-7-13-21)28(33)30(2)23-14-8-5-9-15-23/h4-17,20,25H,3,18-19H2,1-2H3,(H,29,32)/t25-/m0/s1. The van der Waals surface area contributed by atoms with Crippen molar-refractivity contribution in [2.45, 2.75) is 32.4 Å². The lowest BCUT2D eigenvalue weighted by Crippen LogP contribution is -2.49. The van der Waals surface area contributed by atoms with Crippen LogP contribution in [0.15, 0.2) is 91.1 Å².